The van der Waals surface area contributed by atoms with Gasteiger partial charge < -0.3 is 15.5 Å². The minimum Gasteiger partial charge on any atom is -0.465 e. The third-order valence-electron chi connectivity index (χ3n) is 4.08. The number of nitrogens with two attached hydrogens (primary N) is 1. The number of aryl methyl sites for hydroxylation is 1. The van der Waals surface area contributed by atoms with Crippen LogP contribution in [-0.2, 0) is 4.79 Å². The van der Waals surface area contributed by atoms with Gasteiger partial charge in [-0.25, -0.2) is 0 Å². The van der Waals surface area contributed by atoms with E-state index in [0.717, 1.165) is 37.5 Å². The lowest BCUT2D eigenvalue weighted by atomic mass is 10.1. The Labute approximate surface area is 126 Å². The molecule has 1 aliphatic rings. The van der Waals surface area contributed by atoms with Crippen LogP contribution in [0, 0.1) is 6.92 Å². The molecule has 1 aromatic rings. The summed E-state index contributed by atoms with van der Waals surface area (Å²) >= 11 is 0. The fourth-order valence-corrected chi connectivity index (χ4v) is 2.87. The Morgan fingerprint density at radius 2 is 2.14 bits per heavy atom. The monoisotopic (exact) mass is 293 g/mol. The van der Waals surface area contributed by atoms with Crippen LogP contribution in [0.15, 0.2) is 16.5 Å². The quantitative estimate of drug-likeness (QED) is 0.806. The summed E-state index contributed by atoms with van der Waals surface area (Å²) in [5.41, 5.74) is 5.86. The van der Waals surface area contributed by atoms with E-state index in [1.165, 1.54) is 12.8 Å². The molecule has 0 saturated carbocycles. The molecule has 0 radical (unpaired) electrons. The molecule has 2 atom stereocenters. The van der Waals surface area contributed by atoms with Gasteiger partial charge in [-0.3, -0.25) is 9.69 Å². The van der Waals surface area contributed by atoms with Gasteiger partial charge in [0.2, 0.25) is 5.91 Å². The number of hydrogen-bond donors (Lipinski definition) is 2. The number of rotatable bonds is 7. The van der Waals surface area contributed by atoms with Crippen molar-refractivity contribution in [3.8, 4) is 0 Å². The maximum absolute atomic E-state index is 12.0. The molecule has 2 heterocycles. The molecule has 0 aromatic carbocycles. The summed E-state index contributed by atoms with van der Waals surface area (Å²) in [6.45, 7) is 6.65. The third-order valence-corrected chi connectivity index (χ3v) is 4.08. The van der Waals surface area contributed by atoms with Crippen molar-refractivity contribution >= 4 is 5.91 Å². The van der Waals surface area contributed by atoms with Crippen LogP contribution < -0.4 is 11.1 Å². The molecular weight excluding hydrogens is 266 g/mol. The summed E-state index contributed by atoms with van der Waals surface area (Å²) in [7, 11) is 0. The van der Waals surface area contributed by atoms with Crippen LogP contribution in [-0.4, -0.2) is 36.5 Å². The van der Waals surface area contributed by atoms with Crippen LogP contribution in [0.5, 0.6) is 0 Å². The normalized spacial score (nSPS) is 18.6. The second kappa shape index (κ2) is 7.61. The molecular formula is C16H27N3O2. The van der Waals surface area contributed by atoms with Crippen LogP contribution in [0.25, 0.3) is 0 Å². The summed E-state index contributed by atoms with van der Waals surface area (Å²) < 4.78 is 5.77. The van der Waals surface area contributed by atoms with Crippen LogP contribution >= 0.6 is 0 Å². The minimum atomic E-state index is -0.410. The first-order chi connectivity index (χ1) is 10.1. The maximum atomic E-state index is 12.0. The second-order valence-corrected chi connectivity index (χ2v) is 5.85. The zero-order chi connectivity index (χ0) is 15.2. The van der Waals surface area contributed by atoms with Gasteiger partial charge in [0.05, 0.1) is 12.1 Å². The number of hydrogen-bond acceptors (Lipinski definition) is 4. The molecule has 1 aromatic heterocycles. The van der Waals surface area contributed by atoms with Gasteiger partial charge in [-0.05, 0) is 51.4 Å². The molecule has 0 aliphatic carbocycles. The summed E-state index contributed by atoms with van der Waals surface area (Å²) in [5, 5.41) is 2.99. The number of carbonyl (C=O) groups excluding carboxylic acids is 1. The standard InChI is InChI=1S/C16H27N3O2/c1-3-6-13(17)16(20)18-11-14(19-9-4-5-10-19)15-8-7-12(2)21-15/h7-8,13-14H,3-6,9-11,17H2,1-2H3,(H,18,20). The van der Waals surface area contributed by atoms with Crippen LogP contribution in [0.3, 0.4) is 0 Å². The predicted molar refractivity (Wildman–Crippen MR) is 82.9 cm³/mol. The molecule has 1 amide bonds. The highest BCUT2D eigenvalue weighted by molar-refractivity contribution is 5.81. The highest BCUT2D eigenvalue weighted by Crippen LogP contribution is 2.26. The van der Waals surface area contributed by atoms with Gasteiger partial charge in [0.15, 0.2) is 0 Å². The van der Waals surface area contributed by atoms with E-state index in [1.54, 1.807) is 0 Å². The van der Waals surface area contributed by atoms with Crippen LogP contribution in [0.4, 0.5) is 0 Å². The fourth-order valence-electron chi connectivity index (χ4n) is 2.87. The number of amides is 1. The van der Waals surface area contributed by atoms with Crippen molar-refractivity contribution in [2.24, 2.45) is 5.73 Å². The molecule has 0 bridgehead atoms. The van der Waals surface area contributed by atoms with Crippen molar-refractivity contribution in [3.05, 3.63) is 23.7 Å². The van der Waals surface area contributed by atoms with E-state index in [1.807, 2.05) is 26.0 Å². The topological polar surface area (TPSA) is 71.5 Å². The van der Waals surface area contributed by atoms with Crippen molar-refractivity contribution in [2.45, 2.75) is 51.6 Å². The van der Waals surface area contributed by atoms with E-state index in [2.05, 4.69) is 10.2 Å². The van der Waals surface area contributed by atoms with Crippen molar-refractivity contribution in [2.75, 3.05) is 19.6 Å². The first kappa shape index (κ1) is 16.0. The summed E-state index contributed by atoms with van der Waals surface area (Å²) in [6.07, 6.45) is 4.06. The zero-order valence-corrected chi connectivity index (χ0v) is 13.1. The van der Waals surface area contributed by atoms with Crippen molar-refractivity contribution in [1.29, 1.82) is 0 Å². The van der Waals surface area contributed by atoms with Crippen LogP contribution in [0.2, 0.25) is 0 Å². The highest BCUT2D eigenvalue weighted by atomic mass is 16.3. The van der Waals surface area contributed by atoms with Gasteiger partial charge in [0, 0.05) is 6.54 Å². The number of furan rings is 1. The van der Waals surface area contributed by atoms with Gasteiger partial charge in [-0.1, -0.05) is 13.3 Å². The largest absolute Gasteiger partial charge is 0.465 e. The molecule has 1 aliphatic heterocycles. The van der Waals surface area contributed by atoms with Crippen molar-refractivity contribution < 1.29 is 9.21 Å². The Bertz CT molecular complexity index is 452. The van der Waals surface area contributed by atoms with Gasteiger partial charge in [-0.15, -0.1) is 0 Å². The molecule has 118 valence electrons. The summed E-state index contributed by atoms with van der Waals surface area (Å²) in [6, 6.07) is 3.69. The molecule has 5 nitrogen and oxygen atoms in total. The lowest BCUT2D eigenvalue weighted by molar-refractivity contribution is -0.122. The minimum absolute atomic E-state index is 0.0654. The average molecular weight is 293 g/mol. The average Bonchev–Trinajstić information content (AvgIpc) is 3.11. The van der Waals surface area contributed by atoms with E-state index in [9.17, 15) is 4.79 Å². The zero-order valence-electron chi connectivity index (χ0n) is 13.1. The fraction of sp³-hybridized carbons (Fsp3) is 0.688. The van der Waals surface area contributed by atoms with E-state index in [0.29, 0.717) is 6.54 Å². The Morgan fingerprint density at radius 3 is 2.71 bits per heavy atom. The van der Waals surface area contributed by atoms with Crippen molar-refractivity contribution in [1.82, 2.24) is 10.2 Å². The van der Waals surface area contributed by atoms with Gasteiger partial charge in [0.1, 0.15) is 11.5 Å². The molecule has 1 saturated heterocycles. The molecule has 1 fully saturated rings. The van der Waals surface area contributed by atoms with E-state index < -0.39 is 6.04 Å². The predicted octanol–water partition coefficient (Wildman–Crippen LogP) is 1.97. The summed E-state index contributed by atoms with van der Waals surface area (Å²) in [4.78, 5) is 14.4. The van der Waals surface area contributed by atoms with Gasteiger partial charge in [0.25, 0.3) is 0 Å². The number of carbonyl (C=O) groups is 1. The maximum Gasteiger partial charge on any atom is 0.236 e. The number of nitrogens with zero attached hydrogens (tertiary/aromatic N) is 1. The lowest BCUT2D eigenvalue weighted by Crippen LogP contribution is -2.44. The Morgan fingerprint density at radius 1 is 1.43 bits per heavy atom. The second-order valence-electron chi connectivity index (χ2n) is 5.85. The van der Waals surface area contributed by atoms with Crippen molar-refractivity contribution in [3.63, 3.8) is 0 Å². The Balaban J connectivity index is 1.98. The first-order valence-electron chi connectivity index (χ1n) is 7.95. The number of likely N-dealkylation sites (tertiary alicyclic amines) is 1. The van der Waals surface area contributed by atoms with Gasteiger partial charge >= 0.3 is 0 Å². The number of nitrogens with one attached hydrogen (secondary N) is 1. The SMILES string of the molecule is CCCC(N)C(=O)NCC(c1ccc(C)o1)N1CCCC1. The van der Waals surface area contributed by atoms with Gasteiger partial charge in [-0.2, -0.15) is 0 Å². The molecule has 3 N–H and O–H groups in total. The van der Waals surface area contributed by atoms with E-state index in [4.69, 9.17) is 10.2 Å². The molecule has 2 unspecified atom stereocenters. The molecule has 0 spiro atoms. The van der Waals surface area contributed by atoms with Crippen LogP contribution in [0.1, 0.15) is 50.2 Å². The third kappa shape index (κ3) is 4.32. The Kier molecular flexibility index (Phi) is 5.82. The lowest BCUT2D eigenvalue weighted by Gasteiger charge is -2.26. The summed E-state index contributed by atoms with van der Waals surface area (Å²) in [5.74, 6) is 1.77. The molecule has 5 heteroatoms. The molecule has 2 rings (SSSR count). The molecule has 21 heavy (non-hydrogen) atoms. The van der Waals surface area contributed by atoms with E-state index >= 15 is 0 Å². The highest BCUT2D eigenvalue weighted by Gasteiger charge is 2.26. The Hall–Kier alpha value is -1.33. The first-order valence-corrected chi connectivity index (χ1v) is 7.95. The smallest absolute Gasteiger partial charge is 0.236 e. The van der Waals surface area contributed by atoms with E-state index in [-0.39, 0.29) is 11.9 Å².